The quantitative estimate of drug-likeness (QED) is 0.0385. The van der Waals surface area contributed by atoms with Crippen LogP contribution >= 0.6 is 31.9 Å². The van der Waals surface area contributed by atoms with E-state index in [2.05, 4.69) is 31.9 Å². The number of aliphatic carboxylic acids is 1. The van der Waals surface area contributed by atoms with Gasteiger partial charge in [0.2, 0.25) is 0 Å². The maximum Gasteiger partial charge on any atom is 0.405 e. The van der Waals surface area contributed by atoms with Crippen molar-refractivity contribution in [1.82, 2.24) is 0 Å². The molecule has 0 aromatic heterocycles. The van der Waals surface area contributed by atoms with Gasteiger partial charge < -0.3 is 40.7 Å². The number of carboxylic acid groups (broad SMARTS) is 1. The summed E-state index contributed by atoms with van der Waals surface area (Å²) in [5.41, 5.74) is 5.91. The van der Waals surface area contributed by atoms with Crippen molar-refractivity contribution in [3.8, 4) is 0 Å². The number of carbonyl (C=O) groups excluding carboxylic acids is 3. The zero-order valence-corrected chi connectivity index (χ0v) is 29.7. The average Bonchev–Trinajstić information content (AvgIpc) is 3.02. The van der Waals surface area contributed by atoms with E-state index >= 15 is 0 Å². The van der Waals surface area contributed by atoms with E-state index in [1.807, 2.05) is 13.8 Å². The maximum absolute atomic E-state index is 12.6. The second kappa shape index (κ2) is 21.9. The standard InChI is InChI=1S/C33H45Br2NO11/c1-4-5-13-26(47-33(36)45)29(35)24(38)18-25(39)31(42)30(41)20(3)22(34)12-8-6-10-19(2)11-7-9-14-28(40)46-27-17-21(32(43)44)15-16-23(27)37/h5-14,20-21,23-24,26-27,29-31,37-38,41-42H,4,15-18H2,1-3H3,(H2,36,45)(H,43,44)/b8-6+,11-7+,13-5+,14-9+,19-10+,22-12-/t20-,21+,23+,24-,26-,27-,29+,30-,31-/m1/s1. The molecule has 0 aromatic rings. The highest BCUT2D eigenvalue weighted by Gasteiger charge is 2.36. The molecule has 0 radical (unpaired) electrons. The fraction of sp³-hybridized carbons (Fsp3) is 0.515. The average molecular weight is 792 g/mol. The van der Waals surface area contributed by atoms with Crippen LogP contribution in [0.4, 0.5) is 4.79 Å². The third kappa shape index (κ3) is 15.7. The summed E-state index contributed by atoms with van der Waals surface area (Å²) in [6.07, 6.45) is 8.37. The lowest BCUT2D eigenvalue weighted by Gasteiger charge is -2.30. The number of hydrogen-bond donors (Lipinski definition) is 6. The van der Waals surface area contributed by atoms with Crippen molar-refractivity contribution in [2.24, 2.45) is 17.6 Å². The van der Waals surface area contributed by atoms with Crippen LogP contribution in [0.15, 0.2) is 70.8 Å². The van der Waals surface area contributed by atoms with E-state index in [9.17, 15) is 39.6 Å². The first kappa shape index (κ1) is 42.1. The minimum atomic E-state index is -1.79. The highest BCUT2D eigenvalue weighted by Crippen LogP contribution is 2.28. The number of esters is 1. The monoisotopic (exact) mass is 789 g/mol. The van der Waals surface area contributed by atoms with Gasteiger partial charge in [0.1, 0.15) is 18.3 Å². The summed E-state index contributed by atoms with van der Waals surface area (Å²) in [6, 6.07) is 0. The number of hydrogen-bond acceptors (Lipinski definition) is 10. The van der Waals surface area contributed by atoms with E-state index in [4.69, 9.17) is 20.3 Å². The summed E-state index contributed by atoms with van der Waals surface area (Å²) in [4.78, 5) is 46.2. The van der Waals surface area contributed by atoms with Gasteiger partial charge in [0.05, 0.1) is 29.1 Å². The van der Waals surface area contributed by atoms with Crippen LogP contribution in [0.2, 0.25) is 0 Å². The Kier molecular flexibility index (Phi) is 19.6. The molecule has 0 saturated heterocycles. The van der Waals surface area contributed by atoms with Crippen molar-refractivity contribution in [1.29, 1.82) is 0 Å². The van der Waals surface area contributed by atoms with Gasteiger partial charge in [-0.3, -0.25) is 9.59 Å². The maximum atomic E-state index is 12.6. The number of alkyl halides is 1. The van der Waals surface area contributed by atoms with Gasteiger partial charge >= 0.3 is 18.0 Å². The van der Waals surface area contributed by atoms with Crippen LogP contribution in [0.5, 0.6) is 0 Å². The minimum absolute atomic E-state index is 0.0672. The van der Waals surface area contributed by atoms with Gasteiger partial charge in [0.15, 0.2) is 5.78 Å². The van der Waals surface area contributed by atoms with Gasteiger partial charge in [-0.1, -0.05) is 99.9 Å². The third-order valence-electron chi connectivity index (χ3n) is 7.31. The molecule has 9 atom stereocenters. The van der Waals surface area contributed by atoms with Crippen LogP contribution in [-0.2, 0) is 23.9 Å². The molecule has 0 unspecified atom stereocenters. The molecule has 1 fully saturated rings. The Labute approximate surface area is 291 Å². The van der Waals surface area contributed by atoms with Crippen LogP contribution in [-0.4, -0.2) is 90.8 Å². The molecular weight excluding hydrogens is 746 g/mol. The van der Waals surface area contributed by atoms with E-state index in [1.54, 1.807) is 49.5 Å². The van der Waals surface area contributed by atoms with E-state index < -0.39 is 83.5 Å². The van der Waals surface area contributed by atoms with E-state index in [0.717, 1.165) is 5.57 Å². The number of nitrogens with two attached hydrogens (primary N) is 1. The van der Waals surface area contributed by atoms with Gasteiger partial charge in [-0.2, -0.15) is 0 Å². The summed E-state index contributed by atoms with van der Waals surface area (Å²) in [6.45, 7) is 5.28. The summed E-state index contributed by atoms with van der Waals surface area (Å²) in [7, 11) is 0. The lowest BCUT2D eigenvalue weighted by Crippen LogP contribution is -2.43. The lowest BCUT2D eigenvalue weighted by atomic mass is 9.85. The smallest absolute Gasteiger partial charge is 0.405 e. The molecule has 0 aromatic carbocycles. The fourth-order valence-corrected chi connectivity index (χ4v) is 5.35. The summed E-state index contributed by atoms with van der Waals surface area (Å²) >= 11 is 6.57. The predicted molar refractivity (Wildman–Crippen MR) is 182 cm³/mol. The highest BCUT2D eigenvalue weighted by molar-refractivity contribution is 9.11. The number of Topliss-reactive ketones (excluding diaryl/α,β-unsaturated/α-hetero) is 1. The number of carboxylic acids is 1. The van der Waals surface area contributed by atoms with E-state index in [1.165, 1.54) is 18.2 Å². The Balaban J connectivity index is 2.66. The van der Waals surface area contributed by atoms with Crippen molar-refractivity contribution in [3.05, 3.63) is 70.8 Å². The van der Waals surface area contributed by atoms with Crippen LogP contribution in [0.25, 0.3) is 0 Å². The van der Waals surface area contributed by atoms with Crippen molar-refractivity contribution in [3.63, 3.8) is 0 Å². The summed E-state index contributed by atoms with van der Waals surface area (Å²) < 4.78 is 10.7. The Bertz CT molecular complexity index is 1240. The van der Waals surface area contributed by atoms with Crippen LogP contribution in [0, 0.1) is 11.8 Å². The molecule has 1 aliphatic carbocycles. The minimum Gasteiger partial charge on any atom is -0.481 e. The summed E-state index contributed by atoms with van der Waals surface area (Å²) in [5, 5.41) is 50.8. The molecule has 47 heavy (non-hydrogen) atoms. The fourth-order valence-electron chi connectivity index (χ4n) is 4.46. The molecule has 0 aliphatic heterocycles. The molecule has 14 heteroatoms. The van der Waals surface area contributed by atoms with Crippen LogP contribution in [0.3, 0.4) is 0 Å². The molecule has 0 spiro atoms. The molecule has 7 N–H and O–H groups in total. The van der Waals surface area contributed by atoms with Crippen molar-refractivity contribution >= 4 is 55.7 Å². The van der Waals surface area contributed by atoms with Gasteiger partial charge in [-0.05, 0) is 32.3 Å². The lowest BCUT2D eigenvalue weighted by molar-refractivity contribution is -0.159. The second-order valence-electron chi connectivity index (χ2n) is 11.1. The number of rotatable bonds is 18. The van der Waals surface area contributed by atoms with Crippen LogP contribution < -0.4 is 5.73 Å². The molecule has 1 saturated carbocycles. The van der Waals surface area contributed by atoms with Gasteiger partial charge in [0, 0.05) is 29.3 Å². The third-order valence-corrected chi connectivity index (χ3v) is 9.43. The van der Waals surface area contributed by atoms with E-state index in [0.29, 0.717) is 17.3 Å². The number of ketones is 1. The molecule has 0 bridgehead atoms. The number of primary amides is 1. The molecule has 1 aliphatic rings. The Morgan fingerprint density at radius 2 is 1.66 bits per heavy atom. The zero-order chi connectivity index (χ0) is 35.7. The Morgan fingerprint density at radius 3 is 2.28 bits per heavy atom. The number of carbonyl (C=O) groups is 4. The largest absolute Gasteiger partial charge is 0.481 e. The first-order valence-corrected chi connectivity index (χ1v) is 16.8. The number of amides is 1. The first-order valence-electron chi connectivity index (χ1n) is 15.1. The van der Waals surface area contributed by atoms with Crippen molar-refractivity contribution in [2.75, 3.05) is 0 Å². The second-order valence-corrected chi connectivity index (χ2v) is 13.1. The number of halogens is 2. The molecule has 1 amide bonds. The zero-order valence-electron chi connectivity index (χ0n) is 26.5. The Morgan fingerprint density at radius 1 is 1.02 bits per heavy atom. The first-order chi connectivity index (χ1) is 22.1. The van der Waals surface area contributed by atoms with Crippen molar-refractivity contribution in [2.45, 2.75) is 94.3 Å². The number of ether oxygens (including phenoxy) is 2. The Hall–Kier alpha value is -2.88. The van der Waals surface area contributed by atoms with Crippen molar-refractivity contribution < 1.29 is 54.2 Å². The van der Waals surface area contributed by atoms with Gasteiger partial charge in [-0.15, -0.1) is 0 Å². The summed E-state index contributed by atoms with van der Waals surface area (Å²) in [5.74, 6) is -3.81. The molecule has 1 rings (SSSR count). The predicted octanol–water partition coefficient (Wildman–Crippen LogP) is 3.91. The number of allylic oxidation sites excluding steroid dienone is 9. The number of aliphatic hydroxyl groups is 4. The normalized spacial score (nSPS) is 23.5. The van der Waals surface area contributed by atoms with Gasteiger partial charge in [0.25, 0.3) is 0 Å². The molecular formula is C33H45Br2NO11. The van der Waals surface area contributed by atoms with Gasteiger partial charge in [-0.25, -0.2) is 9.59 Å². The topological polar surface area (TPSA) is 214 Å². The number of aliphatic hydroxyl groups excluding tert-OH is 4. The van der Waals surface area contributed by atoms with E-state index in [-0.39, 0.29) is 12.8 Å². The highest BCUT2D eigenvalue weighted by atomic mass is 79.9. The SMILES string of the molecule is CC/C=C/[C@@H](OC(N)=O)[C@@H](Br)[C@H](O)CC(=O)[C@@H](O)[C@H](O)[C@H](C)/C(Br)=C/C=C/C=C(C)/C=C/C=C/C(=O)O[C@@H]1C[C@@H](C(=O)O)CC[C@@H]1O. The molecule has 0 heterocycles. The molecule has 262 valence electrons. The van der Waals surface area contributed by atoms with Crippen LogP contribution in [0.1, 0.15) is 52.9 Å². The molecule has 12 nitrogen and oxygen atoms in total.